The molecule has 0 N–H and O–H groups in total. The van der Waals surface area contributed by atoms with Crippen LogP contribution in [0.4, 0.5) is 4.39 Å². The average molecular weight is 377 g/mol. The smallest absolute Gasteiger partial charge is 0.163 e. The second-order valence-corrected chi connectivity index (χ2v) is 6.26. The van der Waals surface area contributed by atoms with Crippen LogP contribution in [0.2, 0.25) is 0 Å². The highest BCUT2D eigenvalue weighted by Gasteiger charge is 2.18. The molecule has 0 aliphatic rings. The molecule has 0 amide bonds. The molecule has 0 fully saturated rings. The standard InChI is InChI=1S/C22H20FN3O2/c1-3-28-14-19-21(16-6-10-18(27-2)11-7-16)22-24-13-12-20(26(22)25-19)15-4-8-17(23)9-5-15/h4-13H,3,14H2,1-2H3. The van der Waals surface area contributed by atoms with Crippen LogP contribution in [0.3, 0.4) is 0 Å². The van der Waals surface area contributed by atoms with E-state index in [4.69, 9.17) is 14.6 Å². The molecular weight excluding hydrogens is 357 g/mol. The maximum Gasteiger partial charge on any atom is 0.163 e. The van der Waals surface area contributed by atoms with Crippen molar-refractivity contribution in [2.24, 2.45) is 0 Å². The highest BCUT2D eigenvalue weighted by Crippen LogP contribution is 2.32. The van der Waals surface area contributed by atoms with Gasteiger partial charge in [0.15, 0.2) is 5.65 Å². The van der Waals surface area contributed by atoms with Gasteiger partial charge in [0, 0.05) is 18.4 Å². The molecule has 4 rings (SSSR count). The monoisotopic (exact) mass is 377 g/mol. The Hall–Kier alpha value is -3.25. The molecule has 0 spiro atoms. The molecule has 0 atom stereocenters. The van der Waals surface area contributed by atoms with Crippen LogP contribution in [0, 0.1) is 5.82 Å². The minimum atomic E-state index is -0.273. The molecule has 142 valence electrons. The lowest BCUT2D eigenvalue weighted by Gasteiger charge is -2.06. The number of aromatic nitrogens is 3. The van der Waals surface area contributed by atoms with Gasteiger partial charge in [-0.2, -0.15) is 5.10 Å². The molecule has 2 aromatic carbocycles. The number of benzene rings is 2. The molecule has 2 heterocycles. The normalized spacial score (nSPS) is 11.1. The minimum Gasteiger partial charge on any atom is -0.497 e. The summed E-state index contributed by atoms with van der Waals surface area (Å²) in [5.74, 6) is 0.511. The van der Waals surface area contributed by atoms with E-state index in [-0.39, 0.29) is 5.82 Å². The van der Waals surface area contributed by atoms with E-state index in [9.17, 15) is 4.39 Å². The number of rotatable bonds is 6. The van der Waals surface area contributed by atoms with Gasteiger partial charge < -0.3 is 9.47 Å². The molecule has 0 aliphatic heterocycles. The molecule has 0 bridgehead atoms. The van der Waals surface area contributed by atoms with E-state index >= 15 is 0 Å². The predicted molar refractivity (Wildman–Crippen MR) is 106 cm³/mol. The lowest BCUT2D eigenvalue weighted by atomic mass is 10.1. The second-order valence-electron chi connectivity index (χ2n) is 6.26. The number of nitrogens with zero attached hydrogens (tertiary/aromatic N) is 3. The van der Waals surface area contributed by atoms with Crippen LogP contribution in [0.15, 0.2) is 60.8 Å². The number of ether oxygens (including phenoxy) is 2. The van der Waals surface area contributed by atoms with Gasteiger partial charge in [0.1, 0.15) is 11.6 Å². The zero-order valence-electron chi connectivity index (χ0n) is 15.7. The van der Waals surface area contributed by atoms with Crippen LogP contribution in [0.1, 0.15) is 12.6 Å². The third kappa shape index (κ3) is 3.34. The van der Waals surface area contributed by atoms with Gasteiger partial charge in [-0.25, -0.2) is 13.9 Å². The van der Waals surface area contributed by atoms with E-state index in [0.29, 0.717) is 13.2 Å². The van der Waals surface area contributed by atoms with Crippen molar-refractivity contribution >= 4 is 5.65 Å². The van der Waals surface area contributed by atoms with Crippen LogP contribution < -0.4 is 4.74 Å². The van der Waals surface area contributed by atoms with Gasteiger partial charge in [0.05, 0.1) is 30.7 Å². The molecule has 0 saturated carbocycles. The number of hydrogen-bond acceptors (Lipinski definition) is 4. The number of hydrogen-bond donors (Lipinski definition) is 0. The average Bonchev–Trinajstić information content (AvgIpc) is 3.11. The van der Waals surface area contributed by atoms with Crippen molar-refractivity contribution in [3.8, 4) is 28.1 Å². The zero-order chi connectivity index (χ0) is 19.5. The first kappa shape index (κ1) is 18.1. The number of fused-ring (bicyclic) bond motifs is 1. The summed E-state index contributed by atoms with van der Waals surface area (Å²) in [6.45, 7) is 2.92. The molecule has 6 heteroatoms. The van der Waals surface area contributed by atoms with Gasteiger partial charge in [0.25, 0.3) is 0 Å². The first-order chi connectivity index (χ1) is 13.7. The summed E-state index contributed by atoms with van der Waals surface area (Å²) in [5.41, 5.74) is 5.12. The highest BCUT2D eigenvalue weighted by molar-refractivity contribution is 5.81. The van der Waals surface area contributed by atoms with E-state index in [1.165, 1.54) is 12.1 Å². The summed E-state index contributed by atoms with van der Waals surface area (Å²) in [6, 6.07) is 16.0. The minimum absolute atomic E-state index is 0.273. The molecule has 4 aromatic rings. The van der Waals surface area contributed by atoms with E-state index in [2.05, 4.69) is 4.98 Å². The molecule has 28 heavy (non-hydrogen) atoms. The van der Waals surface area contributed by atoms with Gasteiger partial charge in [-0.3, -0.25) is 0 Å². The maximum atomic E-state index is 13.3. The third-order valence-corrected chi connectivity index (χ3v) is 4.55. The van der Waals surface area contributed by atoms with Gasteiger partial charge in [-0.05, 0) is 55.0 Å². The van der Waals surface area contributed by atoms with E-state index in [0.717, 1.165) is 39.5 Å². The largest absolute Gasteiger partial charge is 0.497 e. The van der Waals surface area contributed by atoms with Crippen molar-refractivity contribution in [3.63, 3.8) is 0 Å². The van der Waals surface area contributed by atoms with Crippen molar-refractivity contribution in [3.05, 3.63) is 72.3 Å². The third-order valence-electron chi connectivity index (χ3n) is 4.55. The van der Waals surface area contributed by atoms with Crippen LogP contribution >= 0.6 is 0 Å². The Morgan fingerprint density at radius 2 is 1.68 bits per heavy atom. The Morgan fingerprint density at radius 3 is 2.36 bits per heavy atom. The highest BCUT2D eigenvalue weighted by atomic mass is 19.1. The van der Waals surface area contributed by atoms with Crippen molar-refractivity contribution in [2.75, 3.05) is 13.7 Å². The summed E-state index contributed by atoms with van der Waals surface area (Å²) in [5, 5.41) is 4.77. The quantitative estimate of drug-likeness (QED) is 0.487. The van der Waals surface area contributed by atoms with Crippen molar-refractivity contribution in [1.82, 2.24) is 14.6 Å². The first-order valence-electron chi connectivity index (χ1n) is 9.06. The molecule has 0 aliphatic carbocycles. The van der Waals surface area contributed by atoms with Gasteiger partial charge >= 0.3 is 0 Å². The van der Waals surface area contributed by atoms with Crippen LogP contribution in [-0.4, -0.2) is 28.3 Å². The number of halogens is 1. The fraction of sp³-hybridized carbons (Fsp3) is 0.182. The Balaban J connectivity index is 1.91. The van der Waals surface area contributed by atoms with Crippen molar-refractivity contribution in [2.45, 2.75) is 13.5 Å². The molecule has 0 saturated heterocycles. The SMILES string of the molecule is CCOCc1nn2c(-c3ccc(F)cc3)ccnc2c1-c1ccc(OC)cc1. The Bertz CT molecular complexity index is 1090. The molecule has 0 unspecified atom stereocenters. The maximum absolute atomic E-state index is 13.3. The summed E-state index contributed by atoms with van der Waals surface area (Å²) in [6.07, 6.45) is 1.74. The van der Waals surface area contributed by atoms with E-state index < -0.39 is 0 Å². The van der Waals surface area contributed by atoms with Gasteiger partial charge in [0.2, 0.25) is 0 Å². The first-order valence-corrected chi connectivity index (χ1v) is 9.06. The van der Waals surface area contributed by atoms with Crippen LogP contribution in [-0.2, 0) is 11.3 Å². The van der Waals surface area contributed by atoms with Gasteiger partial charge in [-0.1, -0.05) is 12.1 Å². The topological polar surface area (TPSA) is 48.7 Å². The predicted octanol–water partition coefficient (Wildman–Crippen LogP) is 4.75. The van der Waals surface area contributed by atoms with Crippen LogP contribution in [0.25, 0.3) is 28.0 Å². The number of methoxy groups -OCH3 is 1. The Morgan fingerprint density at radius 1 is 0.964 bits per heavy atom. The van der Waals surface area contributed by atoms with E-state index in [1.54, 1.807) is 30.0 Å². The summed E-state index contributed by atoms with van der Waals surface area (Å²) < 4.78 is 26.0. The van der Waals surface area contributed by atoms with Crippen molar-refractivity contribution in [1.29, 1.82) is 0 Å². The van der Waals surface area contributed by atoms with Crippen molar-refractivity contribution < 1.29 is 13.9 Å². The molecular formula is C22H20FN3O2. The van der Waals surface area contributed by atoms with Crippen LogP contribution in [0.5, 0.6) is 5.75 Å². The lowest BCUT2D eigenvalue weighted by Crippen LogP contribution is -1.97. The second kappa shape index (κ2) is 7.78. The fourth-order valence-electron chi connectivity index (χ4n) is 3.18. The molecule has 0 radical (unpaired) electrons. The van der Waals surface area contributed by atoms with Gasteiger partial charge in [-0.15, -0.1) is 0 Å². The summed E-state index contributed by atoms with van der Waals surface area (Å²) in [4.78, 5) is 4.57. The Labute approximate surface area is 162 Å². The molecule has 5 nitrogen and oxygen atoms in total. The molecule has 2 aromatic heterocycles. The summed E-state index contributed by atoms with van der Waals surface area (Å²) >= 11 is 0. The summed E-state index contributed by atoms with van der Waals surface area (Å²) in [7, 11) is 1.64. The van der Waals surface area contributed by atoms with E-state index in [1.807, 2.05) is 37.3 Å². The fourth-order valence-corrected chi connectivity index (χ4v) is 3.18. The zero-order valence-corrected chi connectivity index (χ0v) is 15.7. The Kier molecular flexibility index (Phi) is 5.04. The lowest BCUT2D eigenvalue weighted by molar-refractivity contribution is 0.131.